The molecule has 3 N–H and O–H groups in total. The Morgan fingerprint density at radius 3 is 3.00 bits per heavy atom. The summed E-state index contributed by atoms with van der Waals surface area (Å²) in [5.41, 5.74) is 8.71. The number of allylic oxidation sites excluding steroid dienone is 3. The maximum absolute atomic E-state index is 13.1. The molecule has 1 aromatic heterocycles. The second-order valence-electron chi connectivity index (χ2n) is 7.20. The molecule has 0 radical (unpaired) electrons. The summed E-state index contributed by atoms with van der Waals surface area (Å²) in [6.45, 7) is 3.71. The molecule has 10 heteroatoms. The molecule has 0 saturated carbocycles. The predicted molar refractivity (Wildman–Crippen MR) is 123 cm³/mol. The molecular weight excluding hydrogens is 446 g/mol. The van der Waals surface area contributed by atoms with Crippen molar-refractivity contribution in [2.24, 2.45) is 5.73 Å². The first-order chi connectivity index (χ1) is 15.5. The number of aromatic hydroxyl groups is 1. The van der Waals surface area contributed by atoms with Gasteiger partial charge in [-0.2, -0.15) is 5.26 Å². The molecule has 0 fully saturated rings. The van der Waals surface area contributed by atoms with Crippen LogP contribution in [0.15, 0.2) is 57.9 Å². The molecule has 2 aromatic rings. The van der Waals surface area contributed by atoms with Crippen molar-refractivity contribution >= 4 is 34.0 Å². The van der Waals surface area contributed by atoms with E-state index in [1.54, 1.807) is 23.1 Å². The van der Waals surface area contributed by atoms with Crippen molar-refractivity contribution in [2.45, 2.75) is 29.5 Å². The fourth-order valence-corrected chi connectivity index (χ4v) is 5.64. The van der Waals surface area contributed by atoms with E-state index in [9.17, 15) is 15.2 Å². The Balaban J connectivity index is 1.88. The average molecular weight is 468 g/mol. The number of nitriles is 1. The third-order valence-corrected chi connectivity index (χ3v) is 7.40. The minimum atomic E-state index is -0.643. The highest BCUT2D eigenvalue weighted by Crippen LogP contribution is 2.48. The lowest BCUT2D eigenvalue weighted by Crippen LogP contribution is -2.38. The molecule has 1 unspecified atom stereocenters. The molecule has 4 rings (SSSR count). The van der Waals surface area contributed by atoms with Crippen LogP contribution in [0.4, 0.5) is 5.13 Å². The number of ketones is 1. The molecule has 1 aromatic carbocycles. The van der Waals surface area contributed by atoms with Crippen molar-refractivity contribution < 1.29 is 14.6 Å². The number of nitrogens with two attached hydrogens (primary N) is 1. The van der Waals surface area contributed by atoms with E-state index >= 15 is 0 Å². The summed E-state index contributed by atoms with van der Waals surface area (Å²) in [4.78, 5) is 14.8. The average Bonchev–Trinajstić information content (AvgIpc) is 3.26. The van der Waals surface area contributed by atoms with Crippen LogP contribution in [-0.4, -0.2) is 33.9 Å². The molecule has 164 valence electrons. The van der Waals surface area contributed by atoms with Gasteiger partial charge in [0.05, 0.1) is 24.7 Å². The third-order valence-electron chi connectivity index (χ3n) is 5.36. The van der Waals surface area contributed by atoms with Crippen LogP contribution < -0.4 is 15.4 Å². The summed E-state index contributed by atoms with van der Waals surface area (Å²) in [6.07, 6.45) is 3.49. The van der Waals surface area contributed by atoms with Crippen molar-refractivity contribution in [1.29, 1.82) is 5.26 Å². The van der Waals surface area contributed by atoms with Crippen molar-refractivity contribution in [1.82, 2.24) is 10.2 Å². The van der Waals surface area contributed by atoms with Gasteiger partial charge in [0.25, 0.3) is 0 Å². The fraction of sp³-hybridized carbons (Fsp3) is 0.273. The van der Waals surface area contributed by atoms with Gasteiger partial charge in [0.15, 0.2) is 21.6 Å². The number of hydrogen-bond acceptors (Lipinski definition) is 10. The largest absolute Gasteiger partial charge is 0.504 e. The molecule has 1 aliphatic heterocycles. The number of benzene rings is 1. The number of carbonyl (C=O) groups is 1. The SMILES string of the molecule is C=CCSc1nnc(N2C(N)=C(C#N)C(c3ccc(O)c(OC)c3)C3=C2CCCC3=O)s1. The Kier molecular flexibility index (Phi) is 6.21. The predicted octanol–water partition coefficient (Wildman–Crippen LogP) is 3.84. The highest BCUT2D eigenvalue weighted by molar-refractivity contribution is 8.01. The second-order valence-corrected chi connectivity index (χ2v) is 9.42. The minimum absolute atomic E-state index is 0.0215. The van der Waals surface area contributed by atoms with E-state index in [1.807, 2.05) is 0 Å². The van der Waals surface area contributed by atoms with Crippen molar-refractivity contribution in [3.05, 3.63) is 59.1 Å². The van der Waals surface area contributed by atoms with Crippen LogP contribution in [0.3, 0.4) is 0 Å². The van der Waals surface area contributed by atoms with Crippen molar-refractivity contribution in [3.8, 4) is 17.6 Å². The van der Waals surface area contributed by atoms with Crippen LogP contribution in [-0.2, 0) is 4.79 Å². The van der Waals surface area contributed by atoms with Gasteiger partial charge in [0.2, 0.25) is 5.13 Å². The zero-order valence-corrected chi connectivity index (χ0v) is 19.0. The summed E-state index contributed by atoms with van der Waals surface area (Å²) >= 11 is 2.86. The van der Waals surface area contributed by atoms with Crippen molar-refractivity contribution in [3.63, 3.8) is 0 Å². The molecule has 2 heterocycles. The first-order valence-electron chi connectivity index (χ1n) is 9.90. The minimum Gasteiger partial charge on any atom is -0.504 e. The van der Waals surface area contributed by atoms with Gasteiger partial charge < -0.3 is 15.6 Å². The van der Waals surface area contributed by atoms with Crippen LogP contribution in [0, 0.1) is 11.3 Å². The molecule has 2 aliphatic rings. The number of phenols is 1. The number of carbonyl (C=O) groups excluding carboxylic acids is 1. The van der Waals surface area contributed by atoms with Crippen molar-refractivity contribution in [2.75, 3.05) is 17.8 Å². The number of methoxy groups -OCH3 is 1. The van der Waals surface area contributed by atoms with Gasteiger partial charge in [0.1, 0.15) is 5.82 Å². The smallest absolute Gasteiger partial charge is 0.219 e. The molecule has 0 bridgehead atoms. The van der Waals surface area contributed by atoms with Crippen LogP contribution in [0.1, 0.15) is 30.7 Å². The Labute approximate surface area is 193 Å². The quantitative estimate of drug-likeness (QED) is 0.481. The van der Waals surface area contributed by atoms with Crippen LogP contribution >= 0.6 is 23.1 Å². The topological polar surface area (TPSA) is 125 Å². The van der Waals surface area contributed by atoms with Gasteiger partial charge >= 0.3 is 0 Å². The lowest BCUT2D eigenvalue weighted by atomic mass is 9.75. The summed E-state index contributed by atoms with van der Waals surface area (Å²) in [6, 6.07) is 7.03. The molecule has 0 spiro atoms. The van der Waals surface area contributed by atoms with Crippen LogP contribution in [0.25, 0.3) is 0 Å². The zero-order valence-electron chi connectivity index (χ0n) is 17.4. The lowest BCUT2D eigenvalue weighted by Gasteiger charge is -2.38. The summed E-state index contributed by atoms with van der Waals surface area (Å²) in [5, 5.41) is 29.1. The normalized spacial score (nSPS) is 18.4. The van der Waals surface area contributed by atoms with E-state index in [-0.39, 0.29) is 28.7 Å². The number of ether oxygens (including phenoxy) is 1. The Bertz CT molecular complexity index is 1190. The first-order valence-corrected chi connectivity index (χ1v) is 11.7. The monoisotopic (exact) mass is 467 g/mol. The van der Waals surface area contributed by atoms with Crippen LogP contribution in [0.5, 0.6) is 11.5 Å². The standard InChI is InChI=1S/C22H21N5O3S2/c1-3-9-31-22-26-25-21(32-22)27-14-5-4-6-16(29)19(14)18(13(11-23)20(27)24)12-7-8-15(28)17(10-12)30-2/h3,7-8,10,18,28H,1,4-6,9,24H2,2H3. The Hall–Kier alpha value is -3.29. The highest BCUT2D eigenvalue weighted by atomic mass is 32.2. The number of hydrogen-bond donors (Lipinski definition) is 2. The lowest BCUT2D eigenvalue weighted by molar-refractivity contribution is -0.116. The van der Waals surface area contributed by atoms with Gasteiger partial charge in [-0.15, -0.1) is 16.8 Å². The number of phenolic OH excluding ortho intramolecular Hbond substituents is 1. The third kappa shape index (κ3) is 3.74. The van der Waals surface area contributed by atoms with Crippen LogP contribution in [0.2, 0.25) is 0 Å². The molecule has 0 amide bonds. The van der Waals surface area contributed by atoms with Gasteiger partial charge in [-0.1, -0.05) is 35.2 Å². The summed E-state index contributed by atoms with van der Waals surface area (Å²) in [5.74, 6) is 0.497. The number of aromatic nitrogens is 2. The summed E-state index contributed by atoms with van der Waals surface area (Å²) < 4.78 is 5.99. The number of rotatable bonds is 6. The Morgan fingerprint density at radius 1 is 1.47 bits per heavy atom. The van der Waals surface area contributed by atoms with E-state index in [0.717, 1.165) is 10.0 Å². The highest BCUT2D eigenvalue weighted by Gasteiger charge is 2.41. The van der Waals surface area contributed by atoms with E-state index in [4.69, 9.17) is 10.5 Å². The maximum atomic E-state index is 13.1. The molecular formula is C22H21N5O3S2. The molecule has 8 nitrogen and oxygen atoms in total. The molecule has 32 heavy (non-hydrogen) atoms. The van der Waals surface area contributed by atoms with Gasteiger partial charge in [-0.25, -0.2) is 0 Å². The second kappa shape index (κ2) is 9.06. The van der Waals surface area contributed by atoms with E-state index in [1.165, 1.54) is 36.3 Å². The van der Waals surface area contributed by atoms with E-state index < -0.39 is 5.92 Å². The first kappa shape index (κ1) is 21.9. The zero-order chi connectivity index (χ0) is 22.8. The molecule has 1 atom stereocenters. The maximum Gasteiger partial charge on any atom is 0.219 e. The number of anilines is 1. The van der Waals surface area contributed by atoms with Gasteiger partial charge in [0, 0.05) is 23.4 Å². The molecule has 0 saturated heterocycles. The molecule has 1 aliphatic carbocycles. The Morgan fingerprint density at radius 2 is 2.28 bits per heavy atom. The van der Waals surface area contributed by atoms with Gasteiger partial charge in [-0.05, 0) is 30.5 Å². The fourth-order valence-electron chi connectivity index (χ4n) is 3.99. The number of thioether (sulfide) groups is 1. The van der Waals surface area contributed by atoms with E-state index in [0.29, 0.717) is 41.3 Å². The number of nitrogens with zero attached hydrogens (tertiary/aromatic N) is 4. The summed E-state index contributed by atoms with van der Waals surface area (Å²) in [7, 11) is 1.45. The van der Waals surface area contributed by atoms with Gasteiger partial charge in [-0.3, -0.25) is 9.69 Å². The number of Topliss-reactive ketones (excluding diaryl/α,β-unsaturated/α-hetero) is 1. The van der Waals surface area contributed by atoms with E-state index in [2.05, 4.69) is 22.8 Å².